The van der Waals surface area contributed by atoms with Crippen LogP contribution < -0.4 is 5.32 Å². The summed E-state index contributed by atoms with van der Waals surface area (Å²) in [6, 6.07) is 6.70. The highest BCUT2D eigenvalue weighted by atomic mass is 32.1. The van der Waals surface area contributed by atoms with Gasteiger partial charge < -0.3 is 5.32 Å². The molecule has 0 fully saturated rings. The van der Waals surface area contributed by atoms with Crippen LogP contribution >= 0.6 is 11.3 Å². The van der Waals surface area contributed by atoms with E-state index in [2.05, 4.69) is 22.4 Å². The highest BCUT2D eigenvalue weighted by Gasteiger charge is 2.19. The predicted molar refractivity (Wildman–Crippen MR) is 78.7 cm³/mol. The summed E-state index contributed by atoms with van der Waals surface area (Å²) >= 11 is 1.39. The minimum atomic E-state index is -0.394. The number of benzene rings is 1. The zero-order valence-electron chi connectivity index (χ0n) is 11.4. The maximum atomic E-state index is 11.0. The third-order valence-corrected chi connectivity index (χ3v) is 3.98. The number of aromatic nitrogens is 2. The quantitative estimate of drug-likeness (QED) is 0.653. The first-order valence-electron chi connectivity index (χ1n) is 6.44. The molecule has 106 valence electrons. The Morgan fingerprint density at radius 3 is 2.85 bits per heavy atom. The van der Waals surface area contributed by atoms with Crippen molar-refractivity contribution >= 4 is 17.0 Å². The van der Waals surface area contributed by atoms with Crippen molar-refractivity contribution in [2.24, 2.45) is 0 Å². The Bertz CT molecular complexity index is 600. The Morgan fingerprint density at radius 2 is 2.15 bits per heavy atom. The normalized spacial score (nSPS) is 12.3. The van der Waals surface area contributed by atoms with E-state index in [0.29, 0.717) is 10.6 Å². The minimum Gasteiger partial charge on any atom is -0.308 e. The van der Waals surface area contributed by atoms with Gasteiger partial charge in [0.25, 0.3) is 5.69 Å². The highest BCUT2D eigenvalue weighted by Crippen LogP contribution is 2.32. The van der Waals surface area contributed by atoms with Crippen LogP contribution in [0.4, 0.5) is 5.69 Å². The summed E-state index contributed by atoms with van der Waals surface area (Å²) in [5.74, 6) is 0. The molecule has 2 rings (SSSR count). The van der Waals surface area contributed by atoms with E-state index < -0.39 is 4.92 Å². The first kappa shape index (κ1) is 14.5. The van der Waals surface area contributed by atoms with Crippen molar-refractivity contribution in [3.63, 3.8) is 0 Å². The molecule has 1 N–H and O–H groups in total. The second kappa shape index (κ2) is 6.53. The summed E-state index contributed by atoms with van der Waals surface area (Å²) in [4.78, 5) is 10.6. The molecule has 0 aliphatic rings. The standard InChI is InChI=1S/C13H16N4O2S/c1-3-8-14-9(2)12-15-16-13(20-12)10-6-4-5-7-11(10)17(18)19/h4-7,9,14H,3,8H2,1-2H3. The molecule has 2 aromatic rings. The van der Waals surface area contributed by atoms with Crippen molar-refractivity contribution in [2.75, 3.05) is 6.54 Å². The topological polar surface area (TPSA) is 81.0 Å². The molecular formula is C13H16N4O2S. The Kier molecular flexibility index (Phi) is 4.75. The second-order valence-electron chi connectivity index (χ2n) is 4.40. The average molecular weight is 292 g/mol. The zero-order chi connectivity index (χ0) is 14.5. The molecule has 0 amide bonds. The van der Waals surface area contributed by atoms with Gasteiger partial charge in [-0.25, -0.2) is 0 Å². The molecule has 1 unspecified atom stereocenters. The lowest BCUT2D eigenvalue weighted by atomic mass is 10.2. The fourth-order valence-corrected chi connectivity index (χ4v) is 2.68. The van der Waals surface area contributed by atoms with Gasteiger partial charge in [0.05, 0.1) is 16.5 Å². The SMILES string of the molecule is CCCNC(C)c1nnc(-c2ccccc2[N+](=O)[O-])s1. The van der Waals surface area contributed by atoms with E-state index in [0.717, 1.165) is 18.0 Å². The number of nitrogens with one attached hydrogen (secondary N) is 1. The van der Waals surface area contributed by atoms with Gasteiger partial charge in [-0.3, -0.25) is 10.1 Å². The first-order valence-corrected chi connectivity index (χ1v) is 7.25. The Labute approximate surface area is 121 Å². The summed E-state index contributed by atoms with van der Waals surface area (Å²) in [7, 11) is 0. The lowest BCUT2D eigenvalue weighted by Gasteiger charge is -2.08. The molecule has 0 saturated carbocycles. The number of para-hydroxylation sites is 1. The molecule has 6 nitrogen and oxygen atoms in total. The second-order valence-corrected chi connectivity index (χ2v) is 5.40. The molecule has 1 aromatic carbocycles. The lowest BCUT2D eigenvalue weighted by molar-refractivity contribution is -0.384. The molecule has 1 heterocycles. The summed E-state index contributed by atoms with van der Waals surface area (Å²) in [5, 5.41) is 24.0. The number of nitro groups is 1. The van der Waals surface area contributed by atoms with Crippen LogP contribution in [0.1, 0.15) is 31.3 Å². The van der Waals surface area contributed by atoms with Gasteiger partial charge in [-0.2, -0.15) is 0 Å². The van der Waals surface area contributed by atoms with Crippen molar-refractivity contribution in [3.05, 3.63) is 39.4 Å². The third kappa shape index (κ3) is 3.17. The molecule has 20 heavy (non-hydrogen) atoms. The van der Waals surface area contributed by atoms with Crippen molar-refractivity contribution in [3.8, 4) is 10.6 Å². The van der Waals surface area contributed by atoms with Crippen LogP contribution in [0.15, 0.2) is 24.3 Å². The van der Waals surface area contributed by atoms with Crippen LogP contribution in [0.3, 0.4) is 0 Å². The summed E-state index contributed by atoms with van der Waals surface area (Å²) in [5.41, 5.74) is 0.577. The van der Waals surface area contributed by atoms with Gasteiger partial charge in [0, 0.05) is 6.07 Å². The zero-order valence-corrected chi connectivity index (χ0v) is 12.2. The van der Waals surface area contributed by atoms with Crippen LogP contribution in [0.5, 0.6) is 0 Å². The maximum absolute atomic E-state index is 11.0. The van der Waals surface area contributed by atoms with Gasteiger partial charge in [-0.15, -0.1) is 10.2 Å². The van der Waals surface area contributed by atoms with Gasteiger partial charge in [-0.1, -0.05) is 30.4 Å². The van der Waals surface area contributed by atoms with E-state index in [9.17, 15) is 10.1 Å². The van der Waals surface area contributed by atoms with Gasteiger partial charge in [-0.05, 0) is 26.0 Å². The Morgan fingerprint density at radius 1 is 1.40 bits per heavy atom. The fraction of sp³-hybridized carbons (Fsp3) is 0.385. The predicted octanol–water partition coefficient (Wildman–Crippen LogP) is 3.17. The van der Waals surface area contributed by atoms with Crippen LogP contribution in [0.2, 0.25) is 0 Å². The largest absolute Gasteiger partial charge is 0.308 e. The molecule has 0 spiro atoms. The third-order valence-electron chi connectivity index (χ3n) is 2.84. The van der Waals surface area contributed by atoms with Crippen LogP contribution in [0.25, 0.3) is 10.6 Å². The monoisotopic (exact) mass is 292 g/mol. The first-order chi connectivity index (χ1) is 9.63. The number of hydrogen-bond acceptors (Lipinski definition) is 6. The number of hydrogen-bond donors (Lipinski definition) is 1. The summed E-state index contributed by atoms with van der Waals surface area (Å²) in [6.07, 6.45) is 1.04. The van der Waals surface area contributed by atoms with Gasteiger partial charge in [0.1, 0.15) is 5.01 Å². The lowest BCUT2D eigenvalue weighted by Crippen LogP contribution is -2.18. The van der Waals surface area contributed by atoms with Crippen molar-refractivity contribution in [1.29, 1.82) is 0 Å². The van der Waals surface area contributed by atoms with Crippen LogP contribution in [0, 0.1) is 10.1 Å². The smallest absolute Gasteiger partial charge is 0.279 e. The molecule has 0 radical (unpaired) electrons. The molecular weight excluding hydrogens is 276 g/mol. The van der Waals surface area contributed by atoms with Crippen LogP contribution in [-0.2, 0) is 0 Å². The number of nitrogens with zero attached hydrogens (tertiary/aromatic N) is 3. The number of rotatable bonds is 6. The molecule has 1 aromatic heterocycles. The van der Waals surface area contributed by atoms with E-state index in [4.69, 9.17) is 0 Å². The van der Waals surface area contributed by atoms with E-state index in [-0.39, 0.29) is 11.7 Å². The Balaban J connectivity index is 2.27. The molecule has 1 atom stereocenters. The molecule has 0 aliphatic carbocycles. The fourth-order valence-electron chi connectivity index (χ4n) is 1.78. The summed E-state index contributed by atoms with van der Waals surface area (Å²) < 4.78 is 0. The van der Waals surface area contributed by atoms with E-state index in [1.165, 1.54) is 17.4 Å². The highest BCUT2D eigenvalue weighted by molar-refractivity contribution is 7.14. The van der Waals surface area contributed by atoms with Crippen LogP contribution in [-0.4, -0.2) is 21.7 Å². The van der Waals surface area contributed by atoms with Crippen molar-refractivity contribution < 1.29 is 4.92 Å². The Hall–Kier alpha value is -1.86. The maximum Gasteiger partial charge on any atom is 0.279 e. The number of nitro benzene ring substituents is 1. The summed E-state index contributed by atoms with van der Waals surface area (Å²) in [6.45, 7) is 5.01. The average Bonchev–Trinajstić information content (AvgIpc) is 2.94. The van der Waals surface area contributed by atoms with E-state index >= 15 is 0 Å². The van der Waals surface area contributed by atoms with Crippen molar-refractivity contribution in [2.45, 2.75) is 26.3 Å². The molecule has 7 heteroatoms. The molecule has 0 aliphatic heterocycles. The van der Waals surface area contributed by atoms with Gasteiger partial charge in [0.2, 0.25) is 0 Å². The van der Waals surface area contributed by atoms with Gasteiger partial charge >= 0.3 is 0 Å². The minimum absolute atomic E-state index is 0.0596. The van der Waals surface area contributed by atoms with Gasteiger partial charge in [0.15, 0.2) is 5.01 Å². The van der Waals surface area contributed by atoms with Crippen molar-refractivity contribution in [1.82, 2.24) is 15.5 Å². The molecule has 0 saturated heterocycles. The molecule has 0 bridgehead atoms. The van der Waals surface area contributed by atoms with E-state index in [1.54, 1.807) is 18.2 Å². The van der Waals surface area contributed by atoms with E-state index in [1.807, 2.05) is 6.92 Å².